The lowest BCUT2D eigenvalue weighted by Crippen LogP contribution is -2.14. The molecule has 0 amide bonds. The second-order valence-electron chi connectivity index (χ2n) is 4.66. The molecule has 0 saturated heterocycles. The summed E-state index contributed by atoms with van der Waals surface area (Å²) in [5, 5.41) is 3.07. The fraction of sp³-hybridized carbons (Fsp3) is 1.00. The van der Waals surface area contributed by atoms with E-state index in [2.05, 4.69) is 5.32 Å². The third-order valence-electron chi connectivity index (χ3n) is 2.70. The minimum Gasteiger partial charge on any atom is -0.379 e. The first-order valence-electron chi connectivity index (χ1n) is 8.15. The minimum atomic E-state index is 0.576. The van der Waals surface area contributed by atoms with Crippen LogP contribution in [0.1, 0.15) is 12.8 Å². The van der Waals surface area contributed by atoms with Gasteiger partial charge in [-0.15, -0.1) is 0 Å². The monoisotopic (exact) mass is 322 g/mol. The number of hydrogen-bond acceptors (Lipinski definition) is 7. The van der Waals surface area contributed by atoms with Gasteiger partial charge in [0, 0.05) is 13.2 Å². The van der Waals surface area contributed by atoms with Crippen molar-refractivity contribution >= 4 is 0 Å². The summed E-state index contributed by atoms with van der Waals surface area (Å²) >= 11 is 0. The van der Waals surface area contributed by atoms with Crippen molar-refractivity contribution in [2.45, 2.75) is 12.8 Å². The minimum absolute atomic E-state index is 0.576. The van der Waals surface area contributed by atoms with Gasteiger partial charge in [0.25, 0.3) is 0 Å². The Morgan fingerprint density at radius 2 is 0.955 bits per heavy atom. The number of rotatable bonds is 19. The van der Waals surface area contributed by atoms with E-state index in [1.54, 1.807) is 0 Å². The normalized spacial score (nSPS) is 11.2. The molecular weight excluding hydrogens is 288 g/mol. The summed E-state index contributed by atoms with van der Waals surface area (Å²) in [6, 6.07) is 0. The molecule has 0 aliphatic carbocycles. The Kier molecular flexibility index (Phi) is 20.5. The molecule has 0 aromatic heterocycles. The quantitative estimate of drug-likeness (QED) is 0.325. The third kappa shape index (κ3) is 19.7. The van der Waals surface area contributed by atoms with Gasteiger partial charge in [-0.25, -0.2) is 0 Å². The Bertz CT molecular complexity index is 179. The smallest absolute Gasteiger partial charge is 0.0701 e. The highest BCUT2D eigenvalue weighted by atomic mass is 16.6. The average Bonchev–Trinajstić information content (AvgIpc) is 2.54. The van der Waals surface area contributed by atoms with E-state index in [0.29, 0.717) is 66.0 Å². The van der Waals surface area contributed by atoms with Gasteiger partial charge in [-0.1, -0.05) is 0 Å². The lowest BCUT2D eigenvalue weighted by Gasteiger charge is -2.07. The van der Waals surface area contributed by atoms with Crippen molar-refractivity contribution in [2.75, 3.05) is 86.2 Å². The Labute approximate surface area is 134 Å². The molecule has 0 rings (SSSR count). The summed E-state index contributed by atoms with van der Waals surface area (Å²) in [5.74, 6) is 0. The molecule has 3 N–H and O–H groups in total. The maximum Gasteiger partial charge on any atom is 0.0701 e. The lowest BCUT2D eigenvalue weighted by molar-refractivity contribution is -0.0111. The standard InChI is InChI=1S/C15H34N2O5/c1-17-5-3-7-19-9-11-21-13-15-22-14-12-20-10-8-18-6-2-4-16/h17H,2-16H2,1H3. The maximum absolute atomic E-state index is 5.40. The Hall–Kier alpha value is -0.280. The molecule has 22 heavy (non-hydrogen) atoms. The summed E-state index contributed by atoms with van der Waals surface area (Å²) in [4.78, 5) is 0. The van der Waals surface area contributed by atoms with Crippen molar-refractivity contribution in [1.82, 2.24) is 5.32 Å². The van der Waals surface area contributed by atoms with Crippen LogP contribution in [0.3, 0.4) is 0 Å². The Morgan fingerprint density at radius 3 is 1.32 bits per heavy atom. The van der Waals surface area contributed by atoms with Gasteiger partial charge in [0.1, 0.15) is 0 Å². The van der Waals surface area contributed by atoms with E-state index in [1.165, 1.54) is 0 Å². The molecule has 134 valence electrons. The van der Waals surface area contributed by atoms with E-state index in [4.69, 9.17) is 29.4 Å². The van der Waals surface area contributed by atoms with Crippen LogP contribution < -0.4 is 11.1 Å². The van der Waals surface area contributed by atoms with Crippen LogP contribution in [0.4, 0.5) is 0 Å². The molecule has 0 aromatic rings. The van der Waals surface area contributed by atoms with Crippen LogP contribution in [0, 0.1) is 0 Å². The van der Waals surface area contributed by atoms with Crippen molar-refractivity contribution in [3.63, 3.8) is 0 Å². The van der Waals surface area contributed by atoms with Crippen LogP contribution in [0.2, 0.25) is 0 Å². The van der Waals surface area contributed by atoms with Gasteiger partial charge in [0.05, 0.1) is 52.9 Å². The highest BCUT2D eigenvalue weighted by Gasteiger charge is 1.93. The van der Waals surface area contributed by atoms with Gasteiger partial charge in [-0.2, -0.15) is 0 Å². The van der Waals surface area contributed by atoms with Crippen LogP contribution in [0.25, 0.3) is 0 Å². The molecule has 0 spiro atoms. The fourth-order valence-electron chi connectivity index (χ4n) is 1.52. The first kappa shape index (κ1) is 21.7. The van der Waals surface area contributed by atoms with Crippen molar-refractivity contribution in [1.29, 1.82) is 0 Å². The highest BCUT2D eigenvalue weighted by molar-refractivity contribution is 4.40. The summed E-state index contributed by atoms with van der Waals surface area (Å²) in [7, 11) is 1.94. The summed E-state index contributed by atoms with van der Waals surface area (Å²) in [6.45, 7) is 7.89. The van der Waals surface area contributed by atoms with E-state index >= 15 is 0 Å². The molecule has 7 heteroatoms. The molecule has 0 aliphatic rings. The molecule has 0 saturated carbocycles. The molecule has 0 heterocycles. The van der Waals surface area contributed by atoms with Crippen LogP contribution >= 0.6 is 0 Å². The largest absolute Gasteiger partial charge is 0.379 e. The molecule has 0 aliphatic heterocycles. The fourth-order valence-corrected chi connectivity index (χ4v) is 1.52. The summed E-state index contributed by atoms with van der Waals surface area (Å²) in [6.07, 6.45) is 1.92. The van der Waals surface area contributed by atoms with Crippen LogP contribution in [0.15, 0.2) is 0 Å². The number of ether oxygens (including phenoxy) is 5. The van der Waals surface area contributed by atoms with E-state index in [-0.39, 0.29) is 0 Å². The second kappa shape index (κ2) is 20.7. The molecule has 0 unspecified atom stereocenters. The summed E-state index contributed by atoms with van der Waals surface area (Å²) in [5.41, 5.74) is 5.35. The van der Waals surface area contributed by atoms with Crippen molar-refractivity contribution in [2.24, 2.45) is 5.73 Å². The first-order chi connectivity index (χ1) is 10.9. The number of nitrogens with one attached hydrogen (secondary N) is 1. The first-order valence-corrected chi connectivity index (χ1v) is 8.15. The zero-order valence-electron chi connectivity index (χ0n) is 14.0. The van der Waals surface area contributed by atoms with Crippen LogP contribution in [0.5, 0.6) is 0 Å². The number of nitrogens with two attached hydrogens (primary N) is 1. The van der Waals surface area contributed by atoms with E-state index in [0.717, 1.165) is 26.0 Å². The van der Waals surface area contributed by atoms with Crippen LogP contribution in [-0.4, -0.2) is 86.2 Å². The van der Waals surface area contributed by atoms with Crippen molar-refractivity contribution in [3.8, 4) is 0 Å². The molecule has 0 radical (unpaired) electrons. The van der Waals surface area contributed by atoms with E-state index in [9.17, 15) is 0 Å². The van der Waals surface area contributed by atoms with Gasteiger partial charge in [-0.3, -0.25) is 0 Å². The van der Waals surface area contributed by atoms with Gasteiger partial charge in [0.15, 0.2) is 0 Å². The Balaban J connectivity index is 2.91. The topological polar surface area (TPSA) is 84.2 Å². The lowest BCUT2D eigenvalue weighted by atomic mass is 10.4. The predicted octanol–water partition coefficient (Wildman–Crippen LogP) is 0.0277. The van der Waals surface area contributed by atoms with Crippen molar-refractivity contribution in [3.05, 3.63) is 0 Å². The molecule has 0 bridgehead atoms. The zero-order chi connectivity index (χ0) is 16.1. The number of hydrogen-bond donors (Lipinski definition) is 2. The summed E-state index contributed by atoms with van der Waals surface area (Å²) < 4.78 is 26.8. The van der Waals surface area contributed by atoms with E-state index in [1.807, 2.05) is 7.05 Å². The zero-order valence-corrected chi connectivity index (χ0v) is 14.0. The van der Waals surface area contributed by atoms with Gasteiger partial charge < -0.3 is 34.7 Å². The van der Waals surface area contributed by atoms with E-state index < -0.39 is 0 Å². The SMILES string of the molecule is CNCCCOCCOCCOCCOCCOCCCN. The molecular formula is C15H34N2O5. The molecule has 0 fully saturated rings. The molecule has 0 atom stereocenters. The van der Waals surface area contributed by atoms with Crippen LogP contribution in [-0.2, 0) is 23.7 Å². The van der Waals surface area contributed by atoms with Crippen molar-refractivity contribution < 1.29 is 23.7 Å². The van der Waals surface area contributed by atoms with Gasteiger partial charge in [-0.05, 0) is 33.0 Å². The highest BCUT2D eigenvalue weighted by Crippen LogP contribution is 1.85. The second-order valence-corrected chi connectivity index (χ2v) is 4.66. The Morgan fingerprint density at radius 1 is 0.591 bits per heavy atom. The van der Waals surface area contributed by atoms with Gasteiger partial charge in [0.2, 0.25) is 0 Å². The molecule has 7 nitrogen and oxygen atoms in total. The maximum atomic E-state index is 5.40. The third-order valence-corrected chi connectivity index (χ3v) is 2.70. The average molecular weight is 322 g/mol. The molecule has 0 aromatic carbocycles. The van der Waals surface area contributed by atoms with Gasteiger partial charge >= 0.3 is 0 Å². The predicted molar refractivity (Wildman–Crippen MR) is 86.3 cm³/mol.